The largest absolute Gasteiger partial charge is 0.400 e. The van der Waals surface area contributed by atoms with Crippen molar-refractivity contribution >= 4 is 0 Å². The zero-order valence-corrected chi connectivity index (χ0v) is 7.34. The van der Waals surface area contributed by atoms with Gasteiger partial charge in [0.15, 0.2) is 0 Å². The van der Waals surface area contributed by atoms with Crippen LogP contribution in [0.4, 0.5) is 0 Å². The van der Waals surface area contributed by atoms with E-state index in [0.29, 0.717) is 0 Å². The van der Waals surface area contributed by atoms with Gasteiger partial charge in [-0.05, 0) is 12.8 Å². The van der Waals surface area contributed by atoms with Crippen molar-refractivity contribution < 1.29 is 5.11 Å². The van der Waals surface area contributed by atoms with Crippen molar-refractivity contribution in [2.24, 2.45) is 0 Å². The minimum absolute atomic E-state index is 0.794. The summed E-state index contributed by atoms with van der Waals surface area (Å²) in [7, 11) is 1.00. The molecule has 0 unspecified atom stereocenters. The zero-order chi connectivity index (χ0) is 8.53. The van der Waals surface area contributed by atoms with E-state index in [1.807, 2.05) is 6.08 Å². The van der Waals surface area contributed by atoms with Gasteiger partial charge in [0.2, 0.25) is 0 Å². The molecule has 0 amide bonds. The molecule has 1 saturated carbocycles. The predicted molar refractivity (Wildman–Crippen MR) is 48.6 cm³/mol. The highest BCUT2D eigenvalue weighted by molar-refractivity contribution is 4.78. The molecule has 0 bridgehead atoms. The average molecular weight is 157 g/mol. The van der Waals surface area contributed by atoms with Crippen LogP contribution in [0.2, 0.25) is 0 Å². The standard InChI is InChI=1S/C8H15N.CH4O/c1-2-7-9-8-5-3-4-6-8;1-2/h2,8-9H,1,3-7H2;2H,1H3. The van der Waals surface area contributed by atoms with Crippen molar-refractivity contribution in [2.45, 2.75) is 31.7 Å². The molecule has 1 fully saturated rings. The first kappa shape index (κ1) is 10.7. The Morgan fingerprint density at radius 2 is 2.00 bits per heavy atom. The van der Waals surface area contributed by atoms with E-state index < -0.39 is 0 Å². The highest BCUT2D eigenvalue weighted by Crippen LogP contribution is 2.16. The molecule has 1 rings (SSSR count). The second-order valence-corrected chi connectivity index (χ2v) is 2.68. The molecule has 1 aliphatic rings. The zero-order valence-electron chi connectivity index (χ0n) is 7.34. The molecule has 2 nitrogen and oxygen atoms in total. The summed E-state index contributed by atoms with van der Waals surface area (Å²) >= 11 is 0. The second kappa shape index (κ2) is 7.76. The lowest BCUT2D eigenvalue weighted by Gasteiger charge is -2.07. The van der Waals surface area contributed by atoms with Crippen LogP contribution in [0.5, 0.6) is 0 Å². The smallest absolute Gasteiger partial charge is 0.0319 e. The Labute approximate surface area is 69.3 Å². The number of nitrogens with one attached hydrogen (secondary N) is 1. The van der Waals surface area contributed by atoms with Crippen molar-refractivity contribution in [1.82, 2.24) is 5.32 Å². The van der Waals surface area contributed by atoms with Crippen LogP contribution in [0.25, 0.3) is 0 Å². The SMILES string of the molecule is C=CCNC1CCCC1.CO. The molecule has 2 heteroatoms. The van der Waals surface area contributed by atoms with Gasteiger partial charge in [-0.25, -0.2) is 0 Å². The lowest BCUT2D eigenvalue weighted by atomic mass is 10.2. The van der Waals surface area contributed by atoms with Crippen LogP contribution in [0.1, 0.15) is 25.7 Å². The first-order valence-corrected chi connectivity index (χ1v) is 4.22. The molecule has 0 aliphatic heterocycles. The van der Waals surface area contributed by atoms with Crippen LogP contribution in [0.15, 0.2) is 12.7 Å². The van der Waals surface area contributed by atoms with Crippen LogP contribution >= 0.6 is 0 Å². The minimum Gasteiger partial charge on any atom is -0.400 e. The van der Waals surface area contributed by atoms with Crippen LogP contribution < -0.4 is 5.32 Å². The van der Waals surface area contributed by atoms with E-state index in [4.69, 9.17) is 5.11 Å². The fraction of sp³-hybridized carbons (Fsp3) is 0.778. The van der Waals surface area contributed by atoms with Crippen molar-refractivity contribution in [3.63, 3.8) is 0 Å². The van der Waals surface area contributed by atoms with Gasteiger partial charge in [0.1, 0.15) is 0 Å². The van der Waals surface area contributed by atoms with Gasteiger partial charge in [0, 0.05) is 19.7 Å². The maximum Gasteiger partial charge on any atom is 0.0319 e. The number of aliphatic hydroxyl groups excluding tert-OH is 1. The van der Waals surface area contributed by atoms with Crippen molar-refractivity contribution in [2.75, 3.05) is 13.7 Å². The fourth-order valence-electron chi connectivity index (χ4n) is 1.38. The molecule has 0 atom stereocenters. The molecule has 0 aromatic heterocycles. The first-order valence-electron chi connectivity index (χ1n) is 4.22. The molecule has 0 aromatic carbocycles. The number of hydrogen-bond acceptors (Lipinski definition) is 2. The normalized spacial score (nSPS) is 17.3. The Morgan fingerprint density at radius 3 is 2.45 bits per heavy atom. The monoisotopic (exact) mass is 157 g/mol. The van der Waals surface area contributed by atoms with E-state index in [0.717, 1.165) is 19.7 Å². The molecule has 0 aromatic rings. The number of rotatable bonds is 3. The number of aliphatic hydroxyl groups is 1. The Bertz CT molecular complexity index is 87.6. The van der Waals surface area contributed by atoms with Crippen LogP contribution in [0.3, 0.4) is 0 Å². The van der Waals surface area contributed by atoms with Gasteiger partial charge >= 0.3 is 0 Å². The summed E-state index contributed by atoms with van der Waals surface area (Å²) in [5.74, 6) is 0. The number of hydrogen-bond donors (Lipinski definition) is 2. The second-order valence-electron chi connectivity index (χ2n) is 2.68. The molecule has 0 spiro atoms. The highest BCUT2D eigenvalue weighted by Gasteiger charge is 2.12. The maximum atomic E-state index is 7.00. The molecular formula is C9H19NO. The molecular weight excluding hydrogens is 138 g/mol. The molecule has 1 aliphatic carbocycles. The van der Waals surface area contributed by atoms with Crippen LogP contribution in [-0.2, 0) is 0 Å². The van der Waals surface area contributed by atoms with Crippen LogP contribution in [0, 0.1) is 0 Å². The quantitative estimate of drug-likeness (QED) is 0.605. The van der Waals surface area contributed by atoms with E-state index in [2.05, 4.69) is 11.9 Å². The van der Waals surface area contributed by atoms with E-state index in [-0.39, 0.29) is 0 Å². The van der Waals surface area contributed by atoms with Crippen molar-refractivity contribution in [3.05, 3.63) is 12.7 Å². The third kappa shape index (κ3) is 4.99. The summed E-state index contributed by atoms with van der Waals surface area (Å²) in [5, 5.41) is 10.4. The summed E-state index contributed by atoms with van der Waals surface area (Å²) in [4.78, 5) is 0. The third-order valence-corrected chi connectivity index (χ3v) is 1.91. The van der Waals surface area contributed by atoms with E-state index in [9.17, 15) is 0 Å². The van der Waals surface area contributed by atoms with E-state index in [1.165, 1.54) is 25.7 Å². The highest BCUT2D eigenvalue weighted by atomic mass is 16.2. The summed E-state index contributed by atoms with van der Waals surface area (Å²) in [6.45, 7) is 4.64. The van der Waals surface area contributed by atoms with Crippen molar-refractivity contribution in [1.29, 1.82) is 0 Å². The molecule has 66 valence electrons. The van der Waals surface area contributed by atoms with Crippen molar-refractivity contribution in [3.8, 4) is 0 Å². The van der Waals surface area contributed by atoms with Crippen LogP contribution in [-0.4, -0.2) is 24.8 Å². The lowest BCUT2D eigenvalue weighted by Crippen LogP contribution is -2.25. The summed E-state index contributed by atoms with van der Waals surface area (Å²) in [5.41, 5.74) is 0. The Hall–Kier alpha value is -0.340. The Morgan fingerprint density at radius 1 is 1.45 bits per heavy atom. The summed E-state index contributed by atoms with van der Waals surface area (Å²) < 4.78 is 0. The minimum atomic E-state index is 0.794. The molecule has 11 heavy (non-hydrogen) atoms. The molecule has 2 N–H and O–H groups in total. The van der Waals surface area contributed by atoms with E-state index in [1.54, 1.807) is 0 Å². The molecule has 0 heterocycles. The van der Waals surface area contributed by atoms with E-state index >= 15 is 0 Å². The first-order chi connectivity index (χ1) is 5.43. The van der Waals surface area contributed by atoms with Gasteiger partial charge in [0.05, 0.1) is 0 Å². The van der Waals surface area contributed by atoms with Gasteiger partial charge < -0.3 is 10.4 Å². The Kier molecular flexibility index (Phi) is 7.52. The van der Waals surface area contributed by atoms with Gasteiger partial charge in [-0.2, -0.15) is 0 Å². The predicted octanol–water partition coefficient (Wildman–Crippen LogP) is 1.31. The molecule has 0 radical (unpaired) electrons. The molecule has 0 saturated heterocycles. The summed E-state index contributed by atoms with van der Waals surface area (Å²) in [6, 6.07) is 0.794. The topological polar surface area (TPSA) is 32.3 Å². The lowest BCUT2D eigenvalue weighted by molar-refractivity contribution is 0.399. The van der Waals surface area contributed by atoms with Gasteiger partial charge in [-0.3, -0.25) is 0 Å². The summed E-state index contributed by atoms with van der Waals surface area (Å²) in [6.07, 6.45) is 7.49. The Balaban J connectivity index is 0.000000461. The van der Waals surface area contributed by atoms with Gasteiger partial charge in [0.25, 0.3) is 0 Å². The third-order valence-electron chi connectivity index (χ3n) is 1.91. The van der Waals surface area contributed by atoms with Gasteiger partial charge in [-0.1, -0.05) is 18.9 Å². The van der Waals surface area contributed by atoms with Gasteiger partial charge in [-0.15, -0.1) is 6.58 Å². The fourth-order valence-corrected chi connectivity index (χ4v) is 1.38. The maximum absolute atomic E-state index is 7.00. The average Bonchev–Trinajstić information content (AvgIpc) is 2.57.